The number of aliphatic carboxylic acids is 1. The lowest BCUT2D eigenvalue weighted by Crippen LogP contribution is -2.66. The minimum Gasteiger partial charge on any atom is -0.481 e. The van der Waals surface area contributed by atoms with Gasteiger partial charge in [0.1, 0.15) is 0 Å². The molecule has 3 N–H and O–H groups in total. The van der Waals surface area contributed by atoms with E-state index in [0.717, 1.165) is 62.6 Å². The molecule has 0 amide bonds. The molecule has 290 valence electrons. The van der Waals surface area contributed by atoms with Gasteiger partial charge in [0, 0.05) is 37.2 Å². The Labute approximate surface area is 318 Å². The molecule has 5 aliphatic rings. The lowest BCUT2D eigenvalue weighted by Gasteiger charge is -2.72. The van der Waals surface area contributed by atoms with E-state index in [9.17, 15) is 19.8 Å². The molecule has 0 aliphatic heterocycles. The molecular weight excluding hydrogens is 672 g/mol. The molecule has 4 saturated carbocycles. The van der Waals surface area contributed by atoms with E-state index < -0.39 is 22.9 Å². The third-order valence-corrected chi connectivity index (χ3v) is 16.7. The predicted molar refractivity (Wildman–Crippen MR) is 207 cm³/mol. The molecule has 1 heterocycles. The van der Waals surface area contributed by atoms with Crippen LogP contribution in [0.3, 0.4) is 0 Å². The number of pyridine rings is 1. The molecule has 6 rings (SSSR count). The highest BCUT2D eigenvalue weighted by molar-refractivity contribution is 6.30. The van der Waals surface area contributed by atoms with E-state index in [1.165, 1.54) is 5.57 Å². The maximum Gasteiger partial charge on any atom is 0.309 e. The number of aliphatic hydroxyl groups excluding tert-OH is 1. The summed E-state index contributed by atoms with van der Waals surface area (Å²) in [5, 5.41) is 26.1. The fraction of sp³-hybridized carbons (Fsp3) is 0.795. The molecule has 10 unspecified atom stereocenters. The molecule has 1 aromatic heterocycles. The molecular formula is C44H67ClN2O5. The summed E-state index contributed by atoms with van der Waals surface area (Å²) in [4.78, 5) is 30.3. The topological polar surface area (TPSA) is 109 Å². The molecule has 5 aliphatic carbocycles. The van der Waals surface area contributed by atoms with Crippen molar-refractivity contribution in [2.24, 2.45) is 56.2 Å². The Morgan fingerprint density at radius 1 is 1.00 bits per heavy atom. The van der Waals surface area contributed by atoms with Gasteiger partial charge in [-0.25, -0.2) is 0 Å². The number of allylic oxidation sites excluding steroid dienone is 1. The van der Waals surface area contributed by atoms with Crippen molar-refractivity contribution in [2.75, 3.05) is 13.2 Å². The van der Waals surface area contributed by atoms with E-state index in [0.29, 0.717) is 42.9 Å². The fourth-order valence-corrected chi connectivity index (χ4v) is 13.3. The number of nitrogens with zero attached hydrogens (tertiary/aromatic N) is 1. The molecule has 0 saturated heterocycles. The van der Waals surface area contributed by atoms with Crippen LogP contribution in [0, 0.1) is 56.2 Å². The number of carbonyl (C=O) groups is 2. The monoisotopic (exact) mass is 738 g/mol. The maximum absolute atomic E-state index is 14.1. The molecule has 1 aromatic rings. The average Bonchev–Trinajstić information content (AvgIpc) is 3.38. The van der Waals surface area contributed by atoms with Gasteiger partial charge in [-0.05, 0) is 142 Å². The molecule has 7 nitrogen and oxygen atoms in total. The van der Waals surface area contributed by atoms with E-state index in [1.54, 1.807) is 20.0 Å². The quantitative estimate of drug-likeness (QED) is 0.208. The number of hydrogen-bond acceptors (Lipinski definition) is 6. The Morgan fingerprint density at radius 3 is 2.35 bits per heavy atom. The van der Waals surface area contributed by atoms with Crippen LogP contribution >= 0.6 is 11.6 Å². The van der Waals surface area contributed by atoms with Crippen molar-refractivity contribution >= 4 is 23.4 Å². The number of aromatic nitrogens is 1. The summed E-state index contributed by atoms with van der Waals surface area (Å²) in [5.74, 6) is 0.971. The second-order valence-electron chi connectivity index (χ2n) is 20.1. The largest absolute Gasteiger partial charge is 0.481 e. The van der Waals surface area contributed by atoms with Crippen molar-refractivity contribution in [2.45, 2.75) is 152 Å². The smallest absolute Gasteiger partial charge is 0.309 e. The van der Waals surface area contributed by atoms with Gasteiger partial charge in [0.2, 0.25) is 0 Å². The summed E-state index contributed by atoms with van der Waals surface area (Å²) in [6, 6.07) is 3.72. The van der Waals surface area contributed by atoms with Gasteiger partial charge in [0.05, 0.1) is 28.3 Å². The fourth-order valence-electron chi connectivity index (χ4n) is 13.2. The molecule has 0 bridgehead atoms. The number of nitrogens with one attached hydrogen (secondary N) is 1. The molecule has 0 aromatic carbocycles. The van der Waals surface area contributed by atoms with Crippen LogP contribution in [0.2, 0.25) is 5.02 Å². The van der Waals surface area contributed by atoms with Gasteiger partial charge in [-0.2, -0.15) is 0 Å². The third-order valence-electron chi connectivity index (χ3n) is 16.5. The zero-order valence-corrected chi connectivity index (χ0v) is 34.5. The maximum atomic E-state index is 14.1. The Morgan fingerprint density at radius 2 is 1.71 bits per heavy atom. The highest BCUT2D eigenvalue weighted by Crippen LogP contribution is 2.77. The molecule has 52 heavy (non-hydrogen) atoms. The van der Waals surface area contributed by atoms with Crippen LogP contribution in [0.4, 0.5) is 0 Å². The lowest BCUT2D eigenvalue weighted by atomic mass is 9.33. The van der Waals surface area contributed by atoms with Crippen LogP contribution in [0.5, 0.6) is 0 Å². The second-order valence-corrected chi connectivity index (χ2v) is 20.5. The molecule has 4 fully saturated rings. The molecule has 10 atom stereocenters. The minimum absolute atomic E-state index is 0.0117. The van der Waals surface area contributed by atoms with Gasteiger partial charge >= 0.3 is 5.97 Å². The number of aliphatic hydroxyl groups is 1. The normalized spacial score (nSPS) is 38.3. The number of halogens is 1. The summed E-state index contributed by atoms with van der Waals surface area (Å²) in [6.45, 7) is 23.5. The summed E-state index contributed by atoms with van der Waals surface area (Å²) in [7, 11) is 0. The Kier molecular flexibility index (Phi) is 10.5. The number of ketones is 1. The summed E-state index contributed by atoms with van der Waals surface area (Å²) in [6.07, 6.45) is 10.6. The van der Waals surface area contributed by atoms with Crippen LogP contribution in [-0.4, -0.2) is 52.3 Å². The standard InChI is InChI=1S/C44H67ClN2O5/c1-26(2)36-31(48)23-44(34(49)25-46-27(3)30-13-11-28(45)24-47-30)20-19-42(9)29(37(36)44)12-14-33-41(8)17-16-35(52-22-21-39(4,5)38(50)51)40(6,7)32(41)15-18-43(33,42)10/h11,13,24,26-27,29,32-35,46,49H,12,14-23,25H2,1-10H3,(H,50,51). The first-order valence-corrected chi connectivity index (χ1v) is 20.7. The second kappa shape index (κ2) is 13.7. The third kappa shape index (κ3) is 6.14. The summed E-state index contributed by atoms with van der Waals surface area (Å²) < 4.78 is 6.60. The number of Topliss-reactive ketones (excluding diaryl/α,β-unsaturated/α-hetero) is 1. The van der Waals surface area contributed by atoms with Gasteiger partial charge in [-0.3, -0.25) is 14.6 Å². The van der Waals surface area contributed by atoms with E-state index in [-0.39, 0.29) is 51.4 Å². The number of fused-ring (bicyclic) bond motifs is 7. The summed E-state index contributed by atoms with van der Waals surface area (Å²) in [5.41, 5.74) is 2.18. The van der Waals surface area contributed by atoms with Crippen LogP contribution in [0.1, 0.15) is 145 Å². The Hall–Kier alpha value is -1.80. The highest BCUT2D eigenvalue weighted by atomic mass is 35.5. The van der Waals surface area contributed by atoms with Crippen molar-refractivity contribution in [1.29, 1.82) is 0 Å². The number of carboxylic acids is 1. The molecule has 0 spiro atoms. The van der Waals surface area contributed by atoms with Gasteiger partial charge < -0.3 is 20.3 Å². The SMILES string of the molecule is CC(C)C1=C2C3CCC4C5(C)CCC(OCCC(C)(C)C(=O)O)C(C)(C)C5CCC4(C)C3(C)CCC2(C(O)CNC(C)c2ccc(Cl)cn2)CC1=O. The van der Waals surface area contributed by atoms with Crippen LogP contribution in [0.15, 0.2) is 29.5 Å². The van der Waals surface area contributed by atoms with Crippen LogP contribution < -0.4 is 5.32 Å². The summed E-state index contributed by atoms with van der Waals surface area (Å²) >= 11 is 6.09. The van der Waals surface area contributed by atoms with E-state index >= 15 is 0 Å². The highest BCUT2D eigenvalue weighted by Gasteiger charge is 2.70. The Bertz CT molecular complexity index is 1570. The first kappa shape index (κ1) is 39.9. The Balaban J connectivity index is 1.26. The van der Waals surface area contributed by atoms with E-state index in [2.05, 4.69) is 65.7 Å². The predicted octanol–water partition coefficient (Wildman–Crippen LogP) is 9.61. The van der Waals surface area contributed by atoms with E-state index in [1.807, 2.05) is 12.1 Å². The van der Waals surface area contributed by atoms with Crippen molar-refractivity contribution in [1.82, 2.24) is 10.3 Å². The first-order chi connectivity index (χ1) is 24.2. The average molecular weight is 739 g/mol. The van der Waals surface area contributed by atoms with Crippen LogP contribution in [-0.2, 0) is 14.3 Å². The minimum atomic E-state index is -0.791. The number of rotatable bonds is 11. The molecule has 0 radical (unpaired) electrons. The van der Waals surface area contributed by atoms with E-state index in [4.69, 9.17) is 16.3 Å². The van der Waals surface area contributed by atoms with Gasteiger partial charge in [-0.15, -0.1) is 0 Å². The number of hydrogen-bond donors (Lipinski definition) is 3. The number of carbonyl (C=O) groups excluding carboxylic acids is 1. The lowest BCUT2D eigenvalue weighted by molar-refractivity contribution is -0.236. The van der Waals surface area contributed by atoms with Gasteiger partial charge in [-0.1, -0.05) is 65.6 Å². The number of ether oxygens (including phenoxy) is 1. The van der Waals surface area contributed by atoms with Gasteiger partial charge in [0.25, 0.3) is 0 Å². The zero-order chi connectivity index (χ0) is 38.2. The number of carboxylic acid groups (broad SMARTS) is 1. The van der Waals surface area contributed by atoms with Crippen molar-refractivity contribution < 1.29 is 24.5 Å². The van der Waals surface area contributed by atoms with Crippen molar-refractivity contribution in [3.8, 4) is 0 Å². The molecule has 8 heteroatoms. The van der Waals surface area contributed by atoms with Crippen molar-refractivity contribution in [3.05, 3.63) is 40.2 Å². The van der Waals surface area contributed by atoms with Crippen molar-refractivity contribution in [3.63, 3.8) is 0 Å². The van der Waals surface area contributed by atoms with Gasteiger partial charge in [0.15, 0.2) is 5.78 Å². The first-order valence-electron chi connectivity index (χ1n) is 20.3. The zero-order valence-electron chi connectivity index (χ0n) is 33.7. The van der Waals surface area contributed by atoms with Crippen LogP contribution in [0.25, 0.3) is 0 Å².